The lowest BCUT2D eigenvalue weighted by atomic mass is 9.99. The van der Waals surface area contributed by atoms with Crippen LogP contribution in [-0.2, 0) is 4.79 Å². The maximum Gasteiger partial charge on any atom is 0.237 e. The van der Waals surface area contributed by atoms with Crippen molar-refractivity contribution in [3.05, 3.63) is 53.9 Å². The van der Waals surface area contributed by atoms with Gasteiger partial charge < -0.3 is 15.7 Å². The molecule has 0 radical (unpaired) electrons. The molecule has 1 aromatic carbocycles. The van der Waals surface area contributed by atoms with Crippen molar-refractivity contribution in [3.63, 3.8) is 0 Å². The molecule has 5 nitrogen and oxygen atoms in total. The number of aromatic nitrogens is 1. The van der Waals surface area contributed by atoms with Gasteiger partial charge in [0.05, 0.1) is 18.7 Å². The van der Waals surface area contributed by atoms with Crippen LogP contribution < -0.4 is 10.6 Å². The Hall–Kier alpha value is -2.24. The lowest BCUT2D eigenvalue weighted by Crippen LogP contribution is -2.42. The molecule has 0 unspecified atom stereocenters. The fourth-order valence-corrected chi connectivity index (χ4v) is 3.11. The Kier molecular flexibility index (Phi) is 5.23. The monoisotopic (exact) mass is 325 g/mol. The number of aliphatic hydroxyl groups is 1. The third-order valence-corrected chi connectivity index (χ3v) is 4.52. The van der Waals surface area contributed by atoms with Crippen LogP contribution in [0.15, 0.2) is 42.7 Å². The minimum atomic E-state index is -0.382. The second kappa shape index (κ2) is 7.55. The van der Waals surface area contributed by atoms with Gasteiger partial charge in [0.25, 0.3) is 0 Å². The SMILES string of the molecule is Cc1cnccc1-c1ccc([C@H](CO)NC(=O)[C@@H]2CCCN2)cc1. The Morgan fingerprint density at radius 3 is 2.79 bits per heavy atom. The quantitative estimate of drug-likeness (QED) is 0.786. The summed E-state index contributed by atoms with van der Waals surface area (Å²) in [6, 6.07) is 9.41. The van der Waals surface area contributed by atoms with Gasteiger partial charge in [-0.3, -0.25) is 9.78 Å². The number of aliphatic hydroxyl groups excluding tert-OH is 1. The van der Waals surface area contributed by atoms with Gasteiger partial charge >= 0.3 is 0 Å². The summed E-state index contributed by atoms with van der Waals surface area (Å²) in [5.74, 6) is -0.0411. The average molecular weight is 325 g/mol. The van der Waals surface area contributed by atoms with Crippen molar-refractivity contribution in [3.8, 4) is 11.1 Å². The van der Waals surface area contributed by atoms with Gasteiger partial charge in [0.15, 0.2) is 0 Å². The van der Waals surface area contributed by atoms with E-state index in [1.807, 2.05) is 43.5 Å². The Morgan fingerprint density at radius 1 is 1.38 bits per heavy atom. The summed E-state index contributed by atoms with van der Waals surface area (Å²) in [5.41, 5.74) is 4.25. The molecule has 1 aromatic heterocycles. The molecule has 1 aliphatic rings. The molecule has 1 aliphatic heterocycles. The van der Waals surface area contributed by atoms with Gasteiger partial charge in [-0.05, 0) is 54.6 Å². The highest BCUT2D eigenvalue weighted by molar-refractivity contribution is 5.82. The van der Waals surface area contributed by atoms with Crippen molar-refractivity contribution in [2.45, 2.75) is 31.8 Å². The highest BCUT2D eigenvalue weighted by atomic mass is 16.3. The lowest BCUT2D eigenvalue weighted by Gasteiger charge is -2.20. The van der Waals surface area contributed by atoms with Crippen LogP contribution in [0.25, 0.3) is 11.1 Å². The van der Waals surface area contributed by atoms with Crippen LogP contribution in [0.2, 0.25) is 0 Å². The van der Waals surface area contributed by atoms with E-state index in [2.05, 4.69) is 15.6 Å². The summed E-state index contributed by atoms with van der Waals surface area (Å²) >= 11 is 0. The van der Waals surface area contributed by atoms with Crippen LogP contribution in [-0.4, -0.2) is 35.2 Å². The zero-order chi connectivity index (χ0) is 16.9. The molecule has 126 valence electrons. The fourth-order valence-electron chi connectivity index (χ4n) is 3.11. The number of hydrogen-bond donors (Lipinski definition) is 3. The highest BCUT2D eigenvalue weighted by Gasteiger charge is 2.24. The molecule has 0 bridgehead atoms. The third-order valence-electron chi connectivity index (χ3n) is 4.52. The zero-order valence-corrected chi connectivity index (χ0v) is 13.8. The molecule has 5 heteroatoms. The number of carbonyl (C=O) groups is 1. The molecular weight excluding hydrogens is 302 g/mol. The van der Waals surface area contributed by atoms with E-state index in [4.69, 9.17) is 0 Å². The topological polar surface area (TPSA) is 74.2 Å². The number of amides is 1. The number of pyridine rings is 1. The smallest absolute Gasteiger partial charge is 0.237 e. The summed E-state index contributed by atoms with van der Waals surface area (Å²) < 4.78 is 0. The van der Waals surface area contributed by atoms with Crippen LogP contribution in [0, 0.1) is 6.92 Å². The van der Waals surface area contributed by atoms with E-state index in [1.54, 1.807) is 6.20 Å². The first-order valence-corrected chi connectivity index (χ1v) is 8.34. The van der Waals surface area contributed by atoms with E-state index < -0.39 is 0 Å². The number of hydrogen-bond acceptors (Lipinski definition) is 4. The predicted molar refractivity (Wildman–Crippen MR) is 93.4 cm³/mol. The summed E-state index contributed by atoms with van der Waals surface area (Å²) in [4.78, 5) is 16.3. The average Bonchev–Trinajstić information content (AvgIpc) is 3.15. The van der Waals surface area contributed by atoms with E-state index in [1.165, 1.54) is 0 Å². The maximum absolute atomic E-state index is 12.2. The molecular formula is C19H23N3O2. The summed E-state index contributed by atoms with van der Waals surface area (Å²) in [6.45, 7) is 2.79. The van der Waals surface area contributed by atoms with Gasteiger partial charge in [0, 0.05) is 12.4 Å². The van der Waals surface area contributed by atoms with Crippen LogP contribution in [0.3, 0.4) is 0 Å². The maximum atomic E-state index is 12.2. The minimum absolute atomic E-state index is 0.0411. The second-order valence-electron chi connectivity index (χ2n) is 6.21. The van der Waals surface area contributed by atoms with Crippen molar-refractivity contribution in [1.82, 2.24) is 15.6 Å². The van der Waals surface area contributed by atoms with Crippen LogP contribution in [0.4, 0.5) is 0 Å². The first-order valence-electron chi connectivity index (χ1n) is 8.34. The molecule has 1 fully saturated rings. The van der Waals surface area contributed by atoms with Crippen LogP contribution in [0.5, 0.6) is 0 Å². The van der Waals surface area contributed by atoms with Gasteiger partial charge in [-0.1, -0.05) is 24.3 Å². The molecule has 3 N–H and O–H groups in total. The molecule has 0 spiro atoms. The lowest BCUT2D eigenvalue weighted by molar-refractivity contribution is -0.123. The van der Waals surface area contributed by atoms with E-state index in [-0.39, 0.29) is 24.6 Å². The van der Waals surface area contributed by atoms with Gasteiger partial charge in [0.1, 0.15) is 0 Å². The highest BCUT2D eigenvalue weighted by Crippen LogP contribution is 2.24. The molecule has 1 saturated heterocycles. The van der Waals surface area contributed by atoms with E-state index >= 15 is 0 Å². The Morgan fingerprint density at radius 2 is 2.17 bits per heavy atom. The Labute approximate surface area is 142 Å². The Bertz CT molecular complexity index is 694. The van der Waals surface area contributed by atoms with Crippen molar-refractivity contribution in [2.24, 2.45) is 0 Å². The predicted octanol–water partition coefficient (Wildman–Crippen LogP) is 1.96. The van der Waals surface area contributed by atoms with Gasteiger partial charge in [0.2, 0.25) is 5.91 Å². The van der Waals surface area contributed by atoms with E-state index in [0.29, 0.717) is 0 Å². The van der Waals surface area contributed by atoms with Crippen molar-refractivity contribution in [2.75, 3.05) is 13.2 Å². The second-order valence-corrected chi connectivity index (χ2v) is 6.21. The number of nitrogens with zero attached hydrogens (tertiary/aromatic N) is 1. The van der Waals surface area contributed by atoms with Crippen molar-refractivity contribution >= 4 is 5.91 Å². The molecule has 0 aliphatic carbocycles. The molecule has 2 aromatic rings. The molecule has 3 rings (SSSR count). The van der Waals surface area contributed by atoms with Crippen LogP contribution >= 0.6 is 0 Å². The molecule has 2 atom stereocenters. The summed E-state index contributed by atoms with van der Waals surface area (Å²) in [7, 11) is 0. The van der Waals surface area contributed by atoms with Crippen molar-refractivity contribution in [1.29, 1.82) is 0 Å². The Balaban J connectivity index is 1.73. The zero-order valence-electron chi connectivity index (χ0n) is 13.8. The largest absolute Gasteiger partial charge is 0.394 e. The molecule has 24 heavy (non-hydrogen) atoms. The number of rotatable bonds is 5. The third kappa shape index (κ3) is 3.63. The van der Waals surface area contributed by atoms with Gasteiger partial charge in [-0.2, -0.15) is 0 Å². The fraction of sp³-hybridized carbons (Fsp3) is 0.368. The van der Waals surface area contributed by atoms with Crippen molar-refractivity contribution < 1.29 is 9.90 Å². The standard InChI is InChI=1S/C19H23N3O2/c1-13-11-20-10-8-16(13)14-4-6-15(7-5-14)18(12-23)22-19(24)17-3-2-9-21-17/h4-8,10-11,17-18,21,23H,2-3,9,12H2,1H3,(H,22,24)/t17-,18-/m0/s1. The van der Waals surface area contributed by atoms with Crippen LogP contribution in [0.1, 0.15) is 30.0 Å². The molecule has 0 saturated carbocycles. The number of aryl methyl sites for hydroxylation is 1. The van der Waals surface area contributed by atoms with Gasteiger partial charge in [-0.15, -0.1) is 0 Å². The number of carbonyl (C=O) groups excluding carboxylic acids is 1. The number of benzene rings is 1. The normalized spacial score (nSPS) is 18.3. The number of nitrogens with one attached hydrogen (secondary N) is 2. The van der Waals surface area contributed by atoms with E-state index in [0.717, 1.165) is 41.6 Å². The summed E-state index contributed by atoms with van der Waals surface area (Å²) in [6.07, 6.45) is 5.49. The molecule has 1 amide bonds. The summed E-state index contributed by atoms with van der Waals surface area (Å²) in [5, 5.41) is 15.8. The van der Waals surface area contributed by atoms with E-state index in [9.17, 15) is 9.90 Å². The first kappa shape index (κ1) is 16.6. The van der Waals surface area contributed by atoms with Gasteiger partial charge in [-0.25, -0.2) is 0 Å². The first-order chi connectivity index (χ1) is 11.7. The minimum Gasteiger partial charge on any atom is -0.394 e. The molecule has 2 heterocycles.